The van der Waals surface area contributed by atoms with Gasteiger partial charge in [-0.25, -0.2) is 4.79 Å². The first-order valence-electron chi connectivity index (χ1n) is 6.18. The van der Waals surface area contributed by atoms with E-state index in [1.165, 1.54) is 0 Å². The Morgan fingerprint density at radius 3 is 2.15 bits per heavy atom. The molecule has 0 aliphatic heterocycles. The van der Waals surface area contributed by atoms with Gasteiger partial charge in [-0.05, 0) is 40.1 Å². The molecule has 0 radical (unpaired) electrons. The van der Waals surface area contributed by atoms with Gasteiger partial charge in [0.25, 0.3) is 0 Å². The molecule has 0 aromatic heterocycles. The first-order valence-corrected chi connectivity index (χ1v) is 6.55. The summed E-state index contributed by atoms with van der Waals surface area (Å²) in [5.74, 6) is -0.913. The van der Waals surface area contributed by atoms with E-state index in [4.69, 9.17) is 11.6 Å². The molecule has 98 valence electrons. The van der Waals surface area contributed by atoms with Crippen molar-refractivity contribution in [2.24, 2.45) is 0 Å². The van der Waals surface area contributed by atoms with Gasteiger partial charge in [-0.15, -0.1) is 0 Å². The van der Waals surface area contributed by atoms with Crippen molar-refractivity contribution in [2.45, 2.75) is 0 Å². The first-order chi connectivity index (χ1) is 9.66. The molecule has 0 fully saturated rings. The van der Waals surface area contributed by atoms with Crippen molar-refractivity contribution in [2.75, 3.05) is 0 Å². The lowest BCUT2D eigenvalue weighted by Crippen LogP contribution is -1.98. The zero-order valence-corrected chi connectivity index (χ0v) is 11.3. The molecule has 3 aromatic carbocycles. The van der Waals surface area contributed by atoms with Gasteiger partial charge in [-0.3, -0.25) is 0 Å². The van der Waals surface area contributed by atoms with E-state index >= 15 is 0 Å². The van der Waals surface area contributed by atoms with E-state index < -0.39 is 5.97 Å². The second-order valence-corrected chi connectivity index (χ2v) is 4.95. The number of hydrogen-bond donors (Lipinski definition) is 1. The van der Waals surface area contributed by atoms with Crippen LogP contribution < -0.4 is 0 Å². The van der Waals surface area contributed by atoms with E-state index in [9.17, 15) is 9.90 Å². The molecule has 0 unspecified atom stereocenters. The van der Waals surface area contributed by atoms with Gasteiger partial charge in [0.1, 0.15) is 0 Å². The molecule has 0 saturated carbocycles. The number of hydrogen-bond acceptors (Lipinski definition) is 1. The maximum absolute atomic E-state index is 11.3. The maximum Gasteiger partial charge on any atom is 0.336 e. The van der Waals surface area contributed by atoms with E-state index in [-0.39, 0.29) is 0 Å². The number of aromatic carboxylic acids is 1. The third-order valence-corrected chi connectivity index (χ3v) is 3.56. The van der Waals surface area contributed by atoms with Crippen LogP contribution in [-0.4, -0.2) is 11.1 Å². The molecule has 20 heavy (non-hydrogen) atoms. The zero-order valence-electron chi connectivity index (χ0n) is 10.5. The monoisotopic (exact) mass is 282 g/mol. The topological polar surface area (TPSA) is 37.3 Å². The highest BCUT2D eigenvalue weighted by molar-refractivity contribution is 6.30. The minimum atomic E-state index is -0.913. The molecule has 1 N–H and O–H groups in total. The number of halogens is 1. The Morgan fingerprint density at radius 1 is 0.850 bits per heavy atom. The van der Waals surface area contributed by atoms with Crippen LogP contribution in [0.1, 0.15) is 10.4 Å². The number of fused-ring (bicyclic) bond motifs is 1. The Kier molecular flexibility index (Phi) is 3.17. The quantitative estimate of drug-likeness (QED) is 0.729. The second kappa shape index (κ2) is 4.99. The van der Waals surface area contributed by atoms with Gasteiger partial charge in [0.15, 0.2) is 0 Å². The van der Waals surface area contributed by atoms with Gasteiger partial charge < -0.3 is 5.11 Å². The van der Waals surface area contributed by atoms with Crippen molar-refractivity contribution < 1.29 is 9.90 Å². The summed E-state index contributed by atoms with van der Waals surface area (Å²) < 4.78 is 0. The summed E-state index contributed by atoms with van der Waals surface area (Å²) in [6, 6.07) is 18.5. The molecule has 3 rings (SSSR count). The molecule has 2 nitrogen and oxygen atoms in total. The van der Waals surface area contributed by atoms with Crippen molar-refractivity contribution in [1.29, 1.82) is 0 Å². The SMILES string of the molecule is O=C(O)c1ccc(-c2ccc(Cl)cc2)c2ccccc12. The molecule has 3 heteroatoms. The summed E-state index contributed by atoms with van der Waals surface area (Å²) >= 11 is 5.91. The Morgan fingerprint density at radius 2 is 1.50 bits per heavy atom. The van der Waals surface area contributed by atoms with Gasteiger partial charge in [0.05, 0.1) is 5.56 Å². The number of carboxylic acid groups (broad SMARTS) is 1. The Balaban J connectivity index is 2.30. The first kappa shape index (κ1) is 12.7. The zero-order chi connectivity index (χ0) is 14.1. The maximum atomic E-state index is 11.3. The van der Waals surface area contributed by atoms with Crippen LogP contribution in [0.2, 0.25) is 5.02 Å². The van der Waals surface area contributed by atoms with Gasteiger partial charge in [0.2, 0.25) is 0 Å². The van der Waals surface area contributed by atoms with Crippen molar-refractivity contribution in [3.05, 3.63) is 71.2 Å². The molecule has 0 bridgehead atoms. The molecular weight excluding hydrogens is 272 g/mol. The van der Waals surface area contributed by atoms with E-state index in [0.29, 0.717) is 10.6 Å². The summed E-state index contributed by atoms with van der Waals surface area (Å²) in [6.45, 7) is 0. The highest BCUT2D eigenvalue weighted by Crippen LogP contribution is 2.31. The van der Waals surface area contributed by atoms with Crippen molar-refractivity contribution in [1.82, 2.24) is 0 Å². The van der Waals surface area contributed by atoms with Gasteiger partial charge in [0, 0.05) is 5.02 Å². The van der Waals surface area contributed by atoms with Gasteiger partial charge in [-0.1, -0.05) is 54.1 Å². The molecule has 0 heterocycles. The summed E-state index contributed by atoms with van der Waals surface area (Å²) in [5.41, 5.74) is 2.34. The standard InChI is InChI=1S/C17H11ClO2/c18-12-7-5-11(6-8-12)13-9-10-16(17(19)20)15-4-2-1-3-14(13)15/h1-10H,(H,19,20). The minimum Gasteiger partial charge on any atom is -0.478 e. The van der Waals surface area contributed by atoms with E-state index in [1.54, 1.807) is 6.07 Å². The van der Waals surface area contributed by atoms with Crippen LogP contribution in [0.15, 0.2) is 60.7 Å². The molecule has 0 aliphatic carbocycles. The normalized spacial score (nSPS) is 10.7. The minimum absolute atomic E-state index is 0.318. The number of rotatable bonds is 2. The van der Waals surface area contributed by atoms with E-state index in [0.717, 1.165) is 21.9 Å². The summed E-state index contributed by atoms with van der Waals surface area (Å²) in [5, 5.41) is 11.6. The smallest absolute Gasteiger partial charge is 0.336 e. The summed E-state index contributed by atoms with van der Waals surface area (Å²) in [7, 11) is 0. The van der Waals surface area contributed by atoms with E-state index in [2.05, 4.69) is 0 Å². The molecule has 0 spiro atoms. The summed E-state index contributed by atoms with van der Waals surface area (Å²) in [6.07, 6.45) is 0. The molecule has 3 aromatic rings. The fraction of sp³-hybridized carbons (Fsp3) is 0. The van der Waals surface area contributed by atoms with Gasteiger partial charge in [-0.2, -0.15) is 0 Å². The van der Waals surface area contributed by atoms with Crippen molar-refractivity contribution in [3.8, 4) is 11.1 Å². The Hall–Kier alpha value is -2.32. The lowest BCUT2D eigenvalue weighted by Gasteiger charge is -2.09. The fourth-order valence-corrected chi connectivity index (χ4v) is 2.49. The average Bonchev–Trinajstić information content (AvgIpc) is 2.47. The third kappa shape index (κ3) is 2.15. The van der Waals surface area contributed by atoms with Crippen LogP contribution >= 0.6 is 11.6 Å². The van der Waals surface area contributed by atoms with Crippen LogP contribution in [0.5, 0.6) is 0 Å². The third-order valence-electron chi connectivity index (χ3n) is 3.31. The largest absolute Gasteiger partial charge is 0.478 e. The molecule has 0 saturated heterocycles. The van der Waals surface area contributed by atoms with Crippen LogP contribution in [-0.2, 0) is 0 Å². The predicted octanol–water partition coefficient (Wildman–Crippen LogP) is 4.86. The molecule has 0 aliphatic rings. The number of benzene rings is 3. The molecule has 0 atom stereocenters. The van der Waals surface area contributed by atoms with Gasteiger partial charge >= 0.3 is 5.97 Å². The lowest BCUT2D eigenvalue weighted by molar-refractivity contribution is 0.0699. The average molecular weight is 283 g/mol. The highest BCUT2D eigenvalue weighted by Gasteiger charge is 2.11. The van der Waals surface area contributed by atoms with Crippen LogP contribution in [0.3, 0.4) is 0 Å². The van der Waals surface area contributed by atoms with Crippen LogP contribution in [0.25, 0.3) is 21.9 Å². The summed E-state index contributed by atoms with van der Waals surface area (Å²) in [4.78, 5) is 11.3. The number of carbonyl (C=O) groups is 1. The van der Waals surface area contributed by atoms with Crippen LogP contribution in [0, 0.1) is 0 Å². The Bertz CT molecular complexity index is 792. The predicted molar refractivity (Wildman–Crippen MR) is 81.4 cm³/mol. The van der Waals surface area contributed by atoms with Crippen molar-refractivity contribution in [3.63, 3.8) is 0 Å². The van der Waals surface area contributed by atoms with Crippen LogP contribution in [0.4, 0.5) is 0 Å². The van der Waals surface area contributed by atoms with E-state index in [1.807, 2.05) is 54.6 Å². The highest BCUT2D eigenvalue weighted by atomic mass is 35.5. The fourth-order valence-electron chi connectivity index (χ4n) is 2.37. The molecule has 0 amide bonds. The Labute approximate surface area is 121 Å². The van der Waals surface area contributed by atoms with Crippen molar-refractivity contribution >= 4 is 28.3 Å². The lowest BCUT2D eigenvalue weighted by atomic mass is 9.95. The number of carboxylic acids is 1. The molecular formula is C17H11ClO2. The second-order valence-electron chi connectivity index (χ2n) is 4.52.